The Balaban J connectivity index is 1.79. The van der Waals surface area contributed by atoms with Gasteiger partial charge in [0, 0.05) is 11.9 Å². The maximum Gasteiger partial charge on any atom is 0.261 e. The van der Waals surface area contributed by atoms with Crippen LogP contribution in [0.15, 0.2) is 11.4 Å². The monoisotopic (exact) mass is 271 g/mol. The van der Waals surface area contributed by atoms with E-state index in [-0.39, 0.29) is 5.91 Å². The Hall–Kier alpha value is -0.540. The molecular formula is C13H18ClNOS. The highest BCUT2D eigenvalue weighted by atomic mass is 35.5. The third kappa shape index (κ3) is 3.46. The van der Waals surface area contributed by atoms with Crippen LogP contribution in [0.2, 0.25) is 0 Å². The quantitative estimate of drug-likeness (QED) is 0.837. The molecule has 94 valence electrons. The van der Waals surface area contributed by atoms with Crippen molar-refractivity contribution in [2.75, 3.05) is 6.54 Å². The van der Waals surface area contributed by atoms with Gasteiger partial charge in [0.15, 0.2) is 0 Å². The van der Waals surface area contributed by atoms with Crippen LogP contribution in [-0.4, -0.2) is 17.8 Å². The third-order valence-electron chi connectivity index (χ3n) is 3.40. The molecule has 0 atom stereocenters. The van der Waals surface area contributed by atoms with Crippen LogP contribution in [0, 0.1) is 12.8 Å². The Labute approximate surface area is 111 Å². The van der Waals surface area contributed by atoms with Gasteiger partial charge in [0.2, 0.25) is 0 Å². The highest BCUT2D eigenvalue weighted by molar-refractivity contribution is 7.12. The number of thiophene rings is 1. The topological polar surface area (TPSA) is 29.1 Å². The summed E-state index contributed by atoms with van der Waals surface area (Å²) in [7, 11) is 0. The van der Waals surface area contributed by atoms with Crippen molar-refractivity contribution in [3.8, 4) is 0 Å². The van der Waals surface area contributed by atoms with Crippen LogP contribution in [0.4, 0.5) is 0 Å². The molecule has 0 saturated heterocycles. The number of alkyl halides is 1. The van der Waals surface area contributed by atoms with E-state index in [4.69, 9.17) is 11.6 Å². The van der Waals surface area contributed by atoms with E-state index < -0.39 is 0 Å². The summed E-state index contributed by atoms with van der Waals surface area (Å²) < 4.78 is 0. The first kappa shape index (κ1) is 12.9. The van der Waals surface area contributed by atoms with Crippen molar-refractivity contribution in [3.63, 3.8) is 0 Å². The number of nitrogens with one attached hydrogen (secondary N) is 1. The molecule has 0 aromatic carbocycles. The second-order valence-corrected chi connectivity index (χ2v) is 6.29. The summed E-state index contributed by atoms with van der Waals surface area (Å²) in [5.41, 5.74) is 1.07. The first-order valence-corrected chi connectivity index (χ1v) is 7.45. The van der Waals surface area contributed by atoms with Crippen LogP contribution < -0.4 is 5.32 Å². The molecule has 1 amide bonds. The number of hydrogen-bond donors (Lipinski definition) is 1. The first-order valence-electron chi connectivity index (χ1n) is 6.13. The Morgan fingerprint density at radius 1 is 1.47 bits per heavy atom. The lowest BCUT2D eigenvalue weighted by atomic mass is 9.89. The third-order valence-corrected chi connectivity index (χ3v) is 4.85. The van der Waals surface area contributed by atoms with E-state index in [2.05, 4.69) is 5.32 Å². The molecule has 1 fully saturated rings. The molecule has 0 unspecified atom stereocenters. The maximum absolute atomic E-state index is 11.9. The zero-order valence-electron chi connectivity index (χ0n) is 10.0. The van der Waals surface area contributed by atoms with E-state index in [1.54, 1.807) is 0 Å². The molecule has 1 N–H and O–H groups in total. The zero-order chi connectivity index (χ0) is 12.3. The highest BCUT2D eigenvalue weighted by Gasteiger charge is 2.20. The predicted molar refractivity (Wildman–Crippen MR) is 73.0 cm³/mol. The zero-order valence-corrected chi connectivity index (χ0v) is 11.6. The van der Waals surface area contributed by atoms with Gasteiger partial charge in [-0.2, -0.15) is 0 Å². The van der Waals surface area contributed by atoms with Crippen LogP contribution in [0.1, 0.15) is 40.9 Å². The first-order chi connectivity index (χ1) is 8.16. The summed E-state index contributed by atoms with van der Waals surface area (Å²) >= 11 is 7.57. The molecule has 0 radical (unpaired) electrons. The lowest BCUT2D eigenvalue weighted by Gasteiger charge is -2.24. The van der Waals surface area contributed by atoms with Gasteiger partial charge in [-0.15, -0.1) is 22.9 Å². The fourth-order valence-corrected chi connectivity index (χ4v) is 3.34. The van der Waals surface area contributed by atoms with Crippen molar-refractivity contribution in [2.24, 2.45) is 5.92 Å². The standard InChI is InChI=1S/C13H18ClNOS/c1-9-6-7-17-12(9)13(16)15-8-10-2-4-11(14)5-3-10/h6-7,10-11H,2-5,8H2,1H3,(H,15,16). The van der Waals surface area contributed by atoms with Gasteiger partial charge in [0.25, 0.3) is 5.91 Å². The van der Waals surface area contributed by atoms with Crippen molar-refractivity contribution in [3.05, 3.63) is 21.9 Å². The minimum Gasteiger partial charge on any atom is -0.351 e. The molecule has 1 aromatic rings. The smallest absolute Gasteiger partial charge is 0.261 e. The van der Waals surface area contributed by atoms with Crippen LogP contribution >= 0.6 is 22.9 Å². The van der Waals surface area contributed by atoms with Crippen LogP contribution in [0.25, 0.3) is 0 Å². The van der Waals surface area contributed by atoms with Crippen molar-refractivity contribution in [2.45, 2.75) is 38.0 Å². The summed E-state index contributed by atoms with van der Waals surface area (Å²) in [5.74, 6) is 0.680. The lowest BCUT2D eigenvalue weighted by Crippen LogP contribution is -2.31. The molecule has 0 aliphatic heterocycles. The summed E-state index contributed by atoms with van der Waals surface area (Å²) in [6, 6.07) is 1.98. The Kier molecular flexibility index (Phi) is 4.46. The fraction of sp³-hybridized carbons (Fsp3) is 0.615. The van der Waals surface area contributed by atoms with Gasteiger partial charge in [0.1, 0.15) is 0 Å². The Morgan fingerprint density at radius 2 is 2.18 bits per heavy atom. The van der Waals surface area contributed by atoms with E-state index in [0.717, 1.165) is 42.7 Å². The van der Waals surface area contributed by atoms with E-state index in [1.807, 2.05) is 18.4 Å². The summed E-state index contributed by atoms with van der Waals surface area (Å²) in [6.45, 7) is 2.77. The largest absolute Gasteiger partial charge is 0.351 e. The summed E-state index contributed by atoms with van der Waals surface area (Å²) in [5, 5.41) is 5.35. The van der Waals surface area contributed by atoms with E-state index in [0.29, 0.717) is 11.3 Å². The minimum atomic E-state index is 0.0745. The van der Waals surface area contributed by atoms with Crippen molar-refractivity contribution in [1.29, 1.82) is 0 Å². The maximum atomic E-state index is 11.9. The normalized spacial score (nSPS) is 24.6. The van der Waals surface area contributed by atoms with Gasteiger partial charge in [-0.25, -0.2) is 0 Å². The minimum absolute atomic E-state index is 0.0745. The van der Waals surface area contributed by atoms with Gasteiger partial charge in [-0.3, -0.25) is 4.79 Å². The molecule has 1 aliphatic rings. The number of rotatable bonds is 3. The number of halogens is 1. The fourth-order valence-electron chi connectivity index (χ4n) is 2.25. The van der Waals surface area contributed by atoms with Crippen molar-refractivity contribution < 1.29 is 4.79 Å². The Morgan fingerprint density at radius 3 is 2.76 bits per heavy atom. The molecule has 2 rings (SSSR count). The molecule has 1 saturated carbocycles. The van der Waals surface area contributed by atoms with Crippen molar-refractivity contribution >= 4 is 28.8 Å². The molecule has 1 aliphatic carbocycles. The molecule has 2 nitrogen and oxygen atoms in total. The summed E-state index contributed by atoms with van der Waals surface area (Å²) in [4.78, 5) is 12.8. The average Bonchev–Trinajstić information content (AvgIpc) is 2.74. The van der Waals surface area contributed by atoms with Gasteiger partial charge in [-0.1, -0.05) is 0 Å². The summed E-state index contributed by atoms with van der Waals surface area (Å²) in [6.07, 6.45) is 4.44. The number of aryl methyl sites for hydroxylation is 1. The molecule has 1 heterocycles. The average molecular weight is 272 g/mol. The number of amides is 1. The van der Waals surface area contributed by atoms with Gasteiger partial charge >= 0.3 is 0 Å². The molecule has 4 heteroatoms. The number of hydrogen-bond acceptors (Lipinski definition) is 2. The second-order valence-electron chi connectivity index (χ2n) is 4.76. The van der Waals surface area contributed by atoms with Crippen molar-refractivity contribution in [1.82, 2.24) is 5.32 Å². The van der Waals surface area contributed by atoms with Gasteiger partial charge in [-0.05, 0) is 55.5 Å². The molecule has 0 spiro atoms. The van der Waals surface area contributed by atoms with Crippen LogP contribution in [0.5, 0.6) is 0 Å². The van der Waals surface area contributed by atoms with Crippen LogP contribution in [-0.2, 0) is 0 Å². The predicted octanol–water partition coefficient (Wildman–Crippen LogP) is 3.58. The highest BCUT2D eigenvalue weighted by Crippen LogP contribution is 2.27. The number of carbonyl (C=O) groups is 1. The van der Waals surface area contributed by atoms with E-state index >= 15 is 0 Å². The van der Waals surface area contributed by atoms with Gasteiger partial charge in [0.05, 0.1) is 4.88 Å². The lowest BCUT2D eigenvalue weighted by molar-refractivity contribution is 0.0947. The van der Waals surface area contributed by atoms with E-state index in [1.165, 1.54) is 11.3 Å². The molecular weight excluding hydrogens is 254 g/mol. The van der Waals surface area contributed by atoms with Crippen LogP contribution in [0.3, 0.4) is 0 Å². The Bertz CT molecular complexity index is 383. The molecule has 0 bridgehead atoms. The molecule has 1 aromatic heterocycles. The van der Waals surface area contributed by atoms with Gasteiger partial charge < -0.3 is 5.32 Å². The second kappa shape index (κ2) is 5.87. The molecule has 17 heavy (non-hydrogen) atoms. The van der Waals surface area contributed by atoms with E-state index in [9.17, 15) is 4.79 Å². The number of carbonyl (C=O) groups excluding carboxylic acids is 1. The SMILES string of the molecule is Cc1ccsc1C(=O)NCC1CCC(Cl)CC1.